The molecular weight excluding hydrogens is 363 g/mol. The zero-order chi connectivity index (χ0) is 17.0. The van der Waals surface area contributed by atoms with E-state index in [1.54, 1.807) is 30.5 Å². The lowest BCUT2D eigenvalue weighted by Crippen LogP contribution is -2.18. The van der Waals surface area contributed by atoms with E-state index in [0.717, 1.165) is 4.47 Å². The molecule has 1 aromatic heterocycles. The zero-order valence-electron chi connectivity index (χ0n) is 13.2. The van der Waals surface area contributed by atoms with E-state index >= 15 is 0 Å². The molecule has 0 saturated carbocycles. The van der Waals surface area contributed by atoms with Gasteiger partial charge >= 0.3 is 0 Å². The van der Waals surface area contributed by atoms with Crippen LogP contribution in [0.1, 0.15) is 37.6 Å². The lowest BCUT2D eigenvalue weighted by molar-refractivity contribution is 0.00110. The molecule has 2 aromatic rings. The largest absolute Gasteiger partial charge is 0.507 e. The number of phenolic OH excluding ortho intramolecular Hbond substituents is 1. The van der Waals surface area contributed by atoms with Crippen LogP contribution in [0.15, 0.2) is 46.2 Å². The van der Waals surface area contributed by atoms with Gasteiger partial charge in [0.15, 0.2) is 0 Å². The smallest absolute Gasteiger partial charge is 0.139 e. The molecule has 1 heterocycles. The third-order valence-corrected chi connectivity index (χ3v) is 3.38. The first-order valence-electron chi connectivity index (χ1n) is 7.07. The number of aromatic nitrogens is 1. The molecule has 0 saturated heterocycles. The van der Waals surface area contributed by atoms with Crippen molar-refractivity contribution in [1.82, 2.24) is 4.98 Å². The molecule has 0 unspecified atom stereocenters. The van der Waals surface area contributed by atoms with Gasteiger partial charge in [0, 0.05) is 21.8 Å². The van der Waals surface area contributed by atoms with Gasteiger partial charge in [-0.2, -0.15) is 0 Å². The van der Waals surface area contributed by atoms with Crippen molar-refractivity contribution in [3.63, 3.8) is 0 Å². The Hall–Kier alpha value is -1.95. The van der Waals surface area contributed by atoms with Crippen LogP contribution in [0.25, 0.3) is 0 Å². The van der Waals surface area contributed by atoms with Crippen LogP contribution in [-0.4, -0.2) is 21.4 Å². The van der Waals surface area contributed by atoms with Gasteiger partial charge in [0.05, 0.1) is 5.69 Å². The fourth-order valence-electron chi connectivity index (χ4n) is 1.86. The van der Waals surface area contributed by atoms with Crippen molar-refractivity contribution < 1.29 is 14.3 Å². The number of benzene rings is 1. The van der Waals surface area contributed by atoms with Gasteiger partial charge in [0.25, 0.3) is 0 Å². The van der Waals surface area contributed by atoms with Crippen molar-refractivity contribution >= 4 is 21.6 Å². The predicted molar refractivity (Wildman–Crippen MR) is 91.3 cm³/mol. The molecule has 0 spiro atoms. The van der Waals surface area contributed by atoms with Crippen molar-refractivity contribution in [3.8, 4) is 5.75 Å². The van der Waals surface area contributed by atoms with Gasteiger partial charge in [-0.15, -0.1) is 0 Å². The molecule has 0 bridgehead atoms. The summed E-state index contributed by atoms with van der Waals surface area (Å²) in [6.07, 6.45) is 1.55. The van der Waals surface area contributed by atoms with E-state index < -0.39 is 12.3 Å². The SMILES string of the molecule is CC(C)(C)O/N=C(/c1cc(Br)ccc1O)c1ncccc1CF. The van der Waals surface area contributed by atoms with Crippen molar-refractivity contribution in [2.24, 2.45) is 5.16 Å². The molecule has 0 radical (unpaired) electrons. The number of oxime groups is 1. The lowest BCUT2D eigenvalue weighted by Gasteiger charge is -2.18. The van der Waals surface area contributed by atoms with E-state index in [1.165, 1.54) is 6.07 Å². The summed E-state index contributed by atoms with van der Waals surface area (Å²) in [6.45, 7) is 4.86. The third kappa shape index (κ3) is 4.51. The summed E-state index contributed by atoms with van der Waals surface area (Å²) in [5, 5.41) is 14.3. The summed E-state index contributed by atoms with van der Waals surface area (Å²) >= 11 is 3.36. The molecule has 0 aliphatic carbocycles. The van der Waals surface area contributed by atoms with E-state index in [1.807, 2.05) is 20.8 Å². The molecule has 6 heteroatoms. The first-order chi connectivity index (χ1) is 10.8. The second-order valence-electron chi connectivity index (χ2n) is 5.95. The molecule has 0 aliphatic rings. The van der Waals surface area contributed by atoms with Gasteiger partial charge in [-0.1, -0.05) is 27.2 Å². The van der Waals surface area contributed by atoms with E-state index in [4.69, 9.17) is 4.84 Å². The normalized spacial score (nSPS) is 12.3. The molecule has 122 valence electrons. The Morgan fingerprint density at radius 2 is 2.09 bits per heavy atom. The predicted octanol–water partition coefficient (Wildman–Crippen LogP) is 4.59. The fourth-order valence-corrected chi connectivity index (χ4v) is 2.22. The van der Waals surface area contributed by atoms with Crippen LogP contribution >= 0.6 is 15.9 Å². The van der Waals surface area contributed by atoms with Crippen LogP contribution in [0.2, 0.25) is 0 Å². The van der Waals surface area contributed by atoms with Crippen LogP contribution in [0, 0.1) is 0 Å². The summed E-state index contributed by atoms with van der Waals surface area (Å²) < 4.78 is 14.1. The topological polar surface area (TPSA) is 54.7 Å². The highest BCUT2D eigenvalue weighted by atomic mass is 79.9. The highest BCUT2D eigenvalue weighted by Crippen LogP contribution is 2.26. The standard InChI is InChI=1S/C17H18BrFN2O2/c1-17(2,3)23-21-16(13-9-12(18)6-7-14(13)22)15-11(10-19)5-4-8-20-15/h4-9,22H,10H2,1-3H3/b21-16-. The Kier molecular flexibility index (Phi) is 5.36. The number of halogens is 2. The van der Waals surface area contributed by atoms with Gasteiger partial charge in [-0.25, -0.2) is 4.39 Å². The van der Waals surface area contributed by atoms with E-state index in [2.05, 4.69) is 26.1 Å². The molecule has 23 heavy (non-hydrogen) atoms. The summed E-state index contributed by atoms with van der Waals surface area (Å²) in [5.74, 6) is 0.0138. The van der Waals surface area contributed by atoms with Crippen molar-refractivity contribution in [3.05, 3.63) is 57.8 Å². The number of nitrogens with zero attached hydrogens (tertiary/aromatic N) is 2. The second kappa shape index (κ2) is 7.08. The van der Waals surface area contributed by atoms with E-state index in [0.29, 0.717) is 16.8 Å². The number of phenols is 1. The minimum absolute atomic E-state index is 0.0138. The molecule has 0 fully saturated rings. The molecule has 0 amide bonds. The van der Waals surface area contributed by atoms with Crippen molar-refractivity contribution in [1.29, 1.82) is 0 Å². The number of aromatic hydroxyl groups is 1. The number of pyridine rings is 1. The fraction of sp³-hybridized carbons (Fsp3) is 0.294. The number of rotatable bonds is 4. The summed E-state index contributed by atoms with van der Waals surface area (Å²) in [4.78, 5) is 9.71. The average molecular weight is 381 g/mol. The molecule has 0 aliphatic heterocycles. The van der Waals surface area contributed by atoms with Gasteiger partial charge < -0.3 is 9.94 Å². The number of hydrogen-bond acceptors (Lipinski definition) is 4. The highest BCUT2D eigenvalue weighted by Gasteiger charge is 2.20. The Morgan fingerprint density at radius 1 is 1.35 bits per heavy atom. The van der Waals surface area contributed by atoms with E-state index in [9.17, 15) is 9.50 Å². The second-order valence-corrected chi connectivity index (χ2v) is 6.87. The molecule has 2 rings (SSSR count). The third-order valence-electron chi connectivity index (χ3n) is 2.88. The maximum absolute atomic E-state index is 13.3. The monoisotopic (exact) mass is 380 g/mol. The molecule has 0 atom stereocenters. The zero-order valence-corrected chi connectivity index (χ0v) is 14.8. The Morgan fingerprint density at radius 3 is 2.74 bits per heavy atom. The lowest BCUT2D eigenvalue weighted by atomic mass is 10.0. The van der Waals surface area contributed by atoms with E-state index in [-0.39, 0.29) is 11.5 Å². The Labute approximate surface area is 143 Å². The van der Waals surface area contributed by atoms with Crippen LogP contribution in [0.3, 0.4) is 0 Å². The summed E-state index contributed by atoms with van der Waals surface area (Å²) in [5.41, 5.74) is 0.886. The highest BCUT2D eigenvalue weighted by molar-refractivity contribution is 9.10. The molecule has 1 N–H and O–H groups in total. The minimum Gasteiger partial charge on any atom is -0.507 e. The first kappa shape index (κ1) is 17.4. The summed E-state index contributed by atoms with van der Waals surface area (Å²) in [6, 6.07) is 8.21. The van der Waals surface area contributed by atoms with Crippen LogP contribution in [-0.2, 0) is 11.5 Å². The first-order valence-corrected chi connectivity index (χ1v) is 7.86. The van der Waals surface area contributed by atoms with Gasteiger partial charge in [0.1, 0.15) is 23.7 Å². The molecule has 1 aromatic carbocycles. The maximum atomic E-state index is 13.3. The number of hydrogen-bond donors (Lipinski definition) is 1. The quantitative estimate of drug-likeness (QED) is 0.623. The van der Waals surface area contributed by atoms with Gasteiger partial charge in [-0.05, 0) is 45.0 Å². The van der Waals surface area contributed by atoms with Crippen LogP contribution < -0.4 is 0 Å². The van der Waals surface area contributed by atoms with Gasteiger partial charge in [0.2, 0.25) is 0 Å². The van der Waals surface area contributed by atoms with Gasteiger partial charge in [-0.3, -0.25) is 4.98 Å². The van der Waals surface area contributed by atoms with Crippen molar-refractivity contribution in [2.75, 3.05) is 0 Å². The Bertz CT molecular complexity index is 727. The Balaban J connectivity index is 2.63. The maximum Gasteiger partial charge on any atom is 0.139 e. The van der Waals surface area contributed by atoms with Crippen LogP contribution in [0.4, 0.5) is 4.39 Å². The summed E-state index contributed by atoms with van der Waals surface area (Å²) in [7, 11) is 0. The molecule has 4 nitrogen and oxygen atoms in total. The van der Waals surface area contributed by atoms with Crippen LogP contribution in [0.5, 0.6) is 5.75 Å². The molecular formula is C17H18BrFN2O2. The minimum atomic E-state index is -0.688. The number of alkyl halides is 1. The average Bonchev–Trinajstić information content (AvgIpc) is 2.50. The van der Waals surface area contributed by atoms with Crippen molar-refractivity contribution in [2.45, 2.75) is 33.0 Å².